The van der Waals surface area contributed by atoms with Gasteiger partial charge in [0.25, 0.3) is 0 Å². The maximum absolute atomic E-state index is 6.03. The van der Waals surface area contributed by atoms with Gasteiger partial charge in [0.1, 0.15) is 12.0 Å². The van der Waals surface area contributed by atoms with E-state index in [1.54, 1.807) is 6.07 Å². The second kappa shape index (κ2) is 6.08. The number of rotatable bonds is 4. The molecule has 0 aliphatic carbocycles. The monoisotopic (exact) mass is 342 g/mol. The van der Waals surface area contributed by atoms with Crippen LogP contribution in [0.4, 0.5) is 17.2 Å². The predicted octanol–water partition coefficient (Wildman–Crippen LogP) is 3.62. The van der Waals surface area contributed by atoms with E-state index in [4.69, 9.17) is 22.1 Å². The predicted molar refractivity (Wildman–Crippen MR) is 80.0 cm³/mol. The van der Waals surface area contributed by atoms with Crippen molar-refractivity contribution in [3.8, 4) is 5.88 Å². The Hall–Kier alpha value is -1.53. The van der Waals surface area contributed by atoms with Crippen molar-refractivity contribution in [3.05, 3.63) is 34.0 Å². The third-order valence-corrected chi connectivity index (χ3v) is 3.54. The molecule has 1 aromatic heterocycles. The van der Waals surface area contributed by atoms with Gasteiger partial charge < -0.3 is 15.8 Å². The van der Waals surface area contributed by atoms with E-state index < -0.39 is 0 Å². The van der Waals surface area contributed by atoms with Gasteiger partial charge in [0.15, 0.2) is 5.82 Å². The van der Waals surface area contributed by atoms with E-state index in [0.29, 0.717) is 29.0 Å². The van der Waals surface area contributed by atoms with Crippen molar-refractivity contribution in [2.45, 2.75) is 6.92 Å². The molecule has 0 saturated carbocycles. The van der Waals surface area contributed by atoms with Crippen LogP contribution in [0.15, 0.2) is 29.0 Å². The summed E-state index contributed by atoms with van der Waals surface area (Å²) in [6.07, 6.45) is 1.39. The zero-order valence-electron chi connectivity index (χ0n) is 10.2. The molecule has 0 aliphatic heterocycles. The lowest BCUT2D eigenvalue weighted by molar-refractivity contribution is 0.328. The summed E-state index contributed by atoms with van der Waals surface area (Å²) in [6, 6.07) is 5.47. The van der Waals surface area contributed by atoms with Crippen LogP contribution >= 0.6 is 27.5 Å². The summed E-state index contributed by atoms with van der Waals surface area (Å²) in [7, 11) is 0. The zero-order chi connectivity index (χ0) is 13.8. The van der Waals surface area contributed by atoms with Crippen molar-refractivity contribution >= 4 is 44.7 Å². The molecule has 0 spiro atoms. The van der Waals surface area contributed by atoms with Crippen LogP contribution in [-0.2, 0) is 0 Å². The molecule has 1 aromatic carbocycles. The first-order valence-corrected chi connectivity index (χ1v) is 6.74. The van der Waals surface area contributed by atoms with Crippen LogP contribution in [0.1, 0.15) is 6.92 Å². The standard InChI is InChI=1S/C12H12BrClN4O/c1-2-19-12-10(15)11(16-6-17-12)18-7-3-4-8(13)9(14)5-7/h3-6H,2,15H2,1H3,(H,16,17,18). The molecule has 1 heterocycles. The van der Waals surface area contributed by atoms with Gasteiger partial charge in [-0.15, -0.1) is 0 Å². The molecule has 19 heavy (non-hydrogen) atoms. The van der Waals surface area contributed by atoms with Crippen LogP contribution in [0.2, 0.25) is 5.02 Å². The molecule has 0 bridgehead atoms. The van der Waals surface area contributed by atoms with Gasteiger partial charge in [-0.05, 0) is 41.1 Å². The maximum Gasteiger partial charge on any atom is 0.242 e. The molecule has 0 radical (unpaired) electrons. The summed E-state index contributed by atoms with van der Waals surface area (Å²) in [5.41, 5.74) is 7.07. The lowest BCUT2D eigenvalue weighted by Gasteiger charge is -2.11. The number of benzene rings is 1. The Morgan fingerprint density at radius 3 is 2.89 bits per heavy atom. The molecule has 0 unspecified atom stereocenters. The fraction of sp³-hybridized carbons (Fsp3) is 0.167. The van der Waals surface area contributed by atoms with Gasteiger partial charge in [0.05, 0.1) is 11.6 Å². The zero-order valence-corrected chi connectivity index (χ0v) is 12.5. The number of hydrogen-bond acceptors (Lipinski definition) is 5. The van der Waals surface area contributed by atoms with Crippen LogP contribution in [-0.4, -0.2) is 16.6 Å². The number of aromatic nitrogens is 2. The van der Waals surface area contributed by atoms with E-state index in [1.165, 1.54) is 6.33 Å². The number of ether oxygens (including phenoxy) is 1. The molecule has 100 valence electrons. The Balaban J connectivity index is 2.27. The lowest BCUT2D eigenvalue weighted by atomic mass is 10.3. The van der Waals surface area contributed by atoms with Gasteiger partial charge >= 0.3 is 0 Å². The average Bonchev–Trinajstić information content (AvgIpc) is 2.39. The summed E-state index contributed by atoms with van der Waals surface area (Å²) in [5.74, 6) is 0.847. The van der Waals surface area contributed by atoms with E-state index in [0.717, 1.165) is 10.2 Å². The first-order chi connectivity index (χ1) is 9.11. The molecule has 7 heteroatoms. The third-order valence-electron chi connectivity index (χ3n) is 2.31. The van der Waals surface area contributed by atoms with Crippen molar-refractivity contribution in [3.63, 3.8) is 0 Å². The number of halogens is 2. The molecule has 0 fully saturated rings. The molecule has 0 atom stereocenters. The fourth-order valence-corrected chi connectivity index (χ4v) is 1.87. The number of hydrogen-bond donors (Lipinski definition) is 2. The molecule has 3 N–H and O–H groups in total. The minimum absolute atomic E-state index is 0.364. The van der Waals surface area contributed by atoms with Crippen LogP contribution in [0.25, 0.3) is 0 Å². The topological polar surface area (TPSA) is 73.1 Å². The fourth-order valence-electron chi connectivity index (χ4n) is 1.44. The lowest BCUT2D eigenvalue weighted by Crippen LogP contribution is -2.05. The highest BCUT2D eigenvalue weighted by Gasteiger charge is 2.09. The first-order valence-electron chi connectivity index (χ1n) is 5.57. The van der Waals surface area contributed by atoms with Crippen molar-refractivity contribution in [2.75, 3.05) is 17.7 Å². The van der Waals surface area contributed by atoms with E-state index in [-0.39, 0.29) is 0 Å². The second-order valence-corrected chi connectivity index (χ2v) is 4.89. The molecular weight excluding hydrogens is 332 g/mol. The quantitative estimate of drug-likeness (QED) is 0.887. The SMILES string of the molecule is CCOc1ncnc(Nc2ccc(Br)c(Cl)c2)c1N. The van der Waals surface area contributed by atoms with Crippen molar-refractivity contribution in [1.29, 1.82) is 0 Å². The first kappa shape index (κ1) is 13.9. The summed E-state index contributed by atoms with van der Waals surface area (Å²) < 4.78 is 6.13. The maximum atomic E-state index is 6.03. The Kier molecular flexibility index (Phi) is 4.44. The Morgan fingerprint density at radius 2 is 2.21 bits per heavy atom. The van der Waals surface area contributed by atoms with Gasteiger partial charge in [-0.2, -0.15) is 4.98 Å². The van der Waals surface area contributed by atoms with Gasteiger partial charge in [-0.25, -0.2) is 4.98 Å². The second-order valence-electron chi connectivity index (χ2n) is 3.63. The van der Waals surface area contributed by atoms with Crippen LogP contribution in [0.5, 0.6) is 5.88 Å². The van der Waals surface area contributed by atoms with Gasteiger partial charge in [0.2, 0.25) is 5.88 Å². The Morgan fingerprint density at radius 1 is 1.42 bits per heavy atom. The van der Waals surface area contributed by atoms with E-state index in [1.807, 2.05) is 19.1 Å². The van der Waals surface area contributed by atoms with E-state index >= 15 is 0 Å². The highest BCUT2D eigenvalue weighted by molar-refractivity contribution is 9.10. The molecule has 0 saturated heterocycles. The van der Waals surface area contributed by atoms with Gasteiger partial charge in [-0.3, -0.25) is 0 Å². The summed E-state index contributed by atoms with van der Waals surface area (Å²) in [5, 5.41) is 3.68. The van der Waals surface area contributed by atoms with Crippen LogP contribution in [0.3, 0.4) is 0 Å². The summed E-state index contributed by atoms with van der Waals surface area (Å²) in [6.45, 7) is 2.36. The largest absolute Gasteiger partial charge is 0.476 e. The summed E-state index contributed by atoms with van der Waals surface area (Å²) in [4.78, 5) is 8.06. The molecule has 5 nitrogen and oxygen atoms in total. The summed E-state index contributed by atoms with van der Waals surface area (Å²) >= 11 is 9.36. The van der Waals surface area contributed by atoms with Crippen molar-refractivity contribution in [1.82, 2.24) is 9.97 Å². The number of nitrogen functional groups attached to an aromatic ring is 1. The molecule has 2 aromatic rings. The molecule has 2 rings (SSSR count). The highest BCUT2D eigenvalue weighted by atomic mass is 79.9. The van der Waals surface area contributed by atoms with Gasteiger partial charge in [-0.1, -0.05) is 11.6 Å². The van der Waals surface area contributed by atoms with Crippen molar-refractivity contribution < 1.29 is 4.74 Å². The number of nitrogens with one attached hydrogen (secondary N) is 1. The normalized spacial score (nSPS) is 10.3. The number of anilines is 3. The smallest absolute Gasteiger partial charge is 0.242 e. The number of nitrogens with two attached hydrogens (primary N) is 1. The highest BCUT2D eigenvalue weighted by Crippen LogP contribution is 2.30. The molecular formula is C12H12BrClN4O. The third kappa shape index (κ3) is 3.27. The van der Waals surface area contributed by atoms with Crippen molar-refractivity contribution in [2.24, 2.45) is 0 Å². The Bertz CT molecular complexity index is 594. The number of nitrogens with zero attached hydrogens (tertiary/aromatic N) is 2. The Labute approximate surface area is 124 Å². The van der Waals surface area contributed by atoms with Crippen LogP contribution < -0.4 is 15.8 Å². The molecule has 0 amide bonds. The van der Waals surface area contributed by atoms with Crippen LogP contribution in [0, 0.1) is 0 Å². The van der Waals surface area contributed by atoms with E-state index in [9.17, 15) is 0 Å². The van der Waals surface area contributed by atoms with E-state index in [2.05, 4.69) is 31.2 Å². The minimum Gasteiger partial charge on any atom is -0.476 e. The minimum atomic E-state index is 0.364. The molecule has 0 aliphatic rings. The van der Waals surface area contributed by atoms with Gasteiger partial charge in [0, 0.05) is 10.2 Å². The average molecular weight is 344 g/mol.